The fourth-order valence-electron chi connectivity index (χ4n) is 3.90. The Balaban J connectivity index is 1.56. The highest BCUT2D eigenvalue weighted by atomic mass is 19.1. The molecule has 0 amide bonds. The minimum absolute atomic E-state index is 0.375. The van der Waals surface area contributed by atoms with Crippen molar-refractivity contribution in [2.75, 3.05) is 18.4 Å². The molecule has 1 saturated carbocycles. The van der Waals surface area contributed by atoms with E-state index in [4.69, 9.17) is 5.11 Å². The fraction of sp³-hybridized carbons (Fsp3) is 0.579. The normalized spacial score (nSPS) is 23.4. The molecular formula is C19H26FN3O2. The van der Waals surface area contributed by atoms with E-state index in [1.54, 1.807) is 12.1 Å². The average Bonchev–Trinajstić information content (AvgIpc) is 2.64. The van der Waals surface area contributed by atoms with Crippen molar-refractivity contribution in [1.29, 1.82) is 0 Å². The van der Waals surface area contributed by atoms with Gasteiger partial charge in [-0.1, -0.05) is 19.3 Å². The first-order valence-corrected chi connectivity index (χ1v) is 9.19. The number of hydrogen-bond donors (Lipinski definition) is 2. The summed E-state index contributed by atoms with van der Waals surface area (Å²) in [6.45, 7) is 2.23. The quantitative estimate of drug-likeness (QED) is 0.796. The molecule has 1 aliphatic heterocycles. The third-order valence-electron chi connectivity index (χ3n) is 5.18. The van der Waals surface area contributed by atoms with Crippen LogP contribution in [-0.2, 0) is 4.79 Å². The van der Waals surface area contributed by atoms with Crippen LogP contribution in [0.4, 0.5) is 10.2 Å². The molecule has 0 aromatic carbocycles. The van der Waals surface area contributed by atoms with Gasteiger partial charge in [-0.05, 0) is 56.0 Å². The SMILES string of the molecule is O=C(O)/C(F)=C/c1ccc(N[C@@H]2CCCN(C3CCCCC3)C2)nc1. The standard InChI is InChI=1S/C19H26FN3O2/c20-17(19(24)25)11-14-8-9-18(21-12-14)22-15-5-4-10-23(13-15)16-6-2-1-3-7-16/h8-9,11-12,15-16H,1-7,10,13H2,(H,21,22)(H,24,25)/b17-11-/t15-/m1/s1. The van der Waals surface area contributed by atoms with Gasteiger partial charge in [0.2, 0.25) is 5.83 Å². The lowest BCUT2D eigenvalue weighted by atomic mass is 9.92. The molecule has 2 fully saturated rings. The molecule has 6 heteroatoms. The number of nitrogens with one attached hydrogen (secondary N) is 1. The maximum Gasteiger partial charge on any atom is 0.364 e. The van der Waals surface area contributed by atoms with E-state index in [0.717, 1.165) is 30.9 Å². The van der Waals surface area contributed by atoms with Gasteiger partial charge in [0, 0.05) is 24.8 Å². The summed E-state index contributed by atoms with van der Waals surface area (Å²) in [5.74, 6) is -1.99. The van der Waals surface area contributed by atoms with Crippen LogP contribution in [0.15, 0.2) is 24.2 Å². The smallest absolute Gasteiger partial charge is 0.364 e. The third-order valence-corrected chi connectivity index (χ3v) is 5.18. The number of rotatable bonds is 5. The Morgan fingerprint density at radius 2 is 2.04 bits per heavy atom. The van der Waals surface area contributed by atoms with Crippen LogP contribution in [0.5, 0.6) is 0 Å². The zero-order valence-electron chi connectivity index (χ0n) is 14.5. The largest absolute Gasteiger partial charge is 0.476 e. The molecule has 1 aromatic heterocycles. The highest BCUT2D eigenvalue weighted by molar-refractivity contribution is 5.89. The molecule has 0 bridgehead atoms. The van der Waals surface area contributed by atoms with Crippen molar-refractivity contribution in [3.05, 3.63) is 29.7 Å². The number of pyridine rings is 1. The second-order valence-electron chi connectivity index (χ2n) is 7.04. The van der Waals surface area contributed by atoms with Crippen LogP contribution in [0.25, 0.3) is 6.08 Å². The predicted octanol–water partition coefficient (Wildman–Crippen LogP) is 3.69. The fourth-order valence-corrected chi connectivity index (χ4v) is 3.90. The Hall–Kier alpha value is -1.95. The van der Waals surface area contributed by atoms with E-state index < -0.39 is 11.8 Å². The van der Waals surface area contributed by atoms with Gasteiger partial charge in [-0.2, -0.15) is 4.39 Å². The Morgan fingerprint density at radius 1 is 1.24 bits per heavy atom. The van der Waals surface area contributed by atoms with Crippen molar-refractivity contribution in [2.45, 2.75) is 57.0 Å². The summed E-state index contributed by atoms with van der Waals surface area (Å²) in [4.78, 5) is 17.4. The van der Waals surface area contributed by atoms with Crippen LogP contribution in [0.1, 0.15) is 50.5 Å². The maximum absolute atomic E-state index is 13.1. The van der Waals surface area contributed by atoms with E-state index in [1.165, 1.54) is 51.3 Å². The second-order valence-corrected chi connectivity index (χ2v) is 7.04. The highest BCUT2D eigenvalue weighted by Crippen LogP contribution is 2.26. The monoisotopic (exact) mass is 347 g/mol. The molecule has 136 valence electrons. The van der Waals surface area contributed by atoms with E-state index in [0.29, 0.717) is 11.6 Å². The van der Waals surface area contributed by atoms with Crippen LogP contribution in [0.3, 0.4) is 0 Å². The molecule has 1 atom stereocenters. The number of nitrogens with zero attached hydrogens (tertiary/aromatic N) is 2. The molecule has 25 heavy (non-hydrogen) atoms. The molecule has 1 aliphatic carbocycles. The Bertz CT molecular complexity index is 612. The van der Waals surface area contributed by atoms with Crippen molar-refractivity contribution in [1.82, 2.24) is 9.88 Å². The van der Waals surface area contributed by atoms with Gasteiger partial charge < -0.3 is 10.4 Å². The summed E-state index contributed by atoms with van der Waals surface area (Å²) in [5, 5.41) is 12.0. The topological polar surface area (TPSA) is 65.5 Å². The van der Waals surface area contributed by atoms with Gasteiger partial charge in [-0.25, -0.2) is 9.78 Å². The van der Waals surface area contributed by atoms with Gasteiger partial charge in [0.1, 0.15) is 5.82 Å². The minimum Gasteiger partial charge on any atom is -0.476 e. The zero-order valence-corrected chi connectivity index (χ0v) is 14.5. The molecule has 3 rings (SSSR count). The number of halogens is 1. The van der Waals surface area contributed by atoms with E-state index in [9.17, 15) is 9.18 Å². The van der Waals surface area contributed by atoms with Crippen LogP contribution < -0.4 is 5.32 Å². The summed E-state index contributed by atoms with van der Waals surface area (Å²) >= 11 is 0. The lowest BCUT2D eigenvalue weighted by molar-refractivity contribution is -0.134. The summed E-state index contributed by atoms with van der Waals surface area (Å²) in [7, 11) is 0. The number of likely N-dealkylation sites (tertiary alicyclic amines) is 1. The number of carboxylic acids is 1. The second kappa shape index (κ2) is 8.43. The molecule has 2 N–H and O–H groups in total. The Kier molecular flexibility index (Phi) is 6.02. The number of carbonyl (C=O) groups is 1. The molecule has 5 nitrogen and oxygen atoms in total. The maximum atomic E-state index is 13.1. The number of aromatic nitrogens is 1. The zero-order chi connectivity index (χ0) is 17.6. The van der Waals surface area contributed by atoms with E-state index in [1.807, 2.05) is 0 Å². The van der Waals surface area contributed by atoms with Gasteiger partial charge >= 0.3 is 5.97 Å². The lowest BCUT2D eigenvalue weighted by Crippen LogP contribution is -2.47. The molecule has 0 radical (unpaired) electrons. The summed E-state index contributed by atoms with van der Waals surface area (Å²) in [5.41, 5.74) is 0.443. The number of aliphatic carboxylic acids is 1. The first-order chi connectivity index (χ1) is 12.1. The first-order valence-electron chi connectivity index (χ1n) is 9.19. The predicted molar refractivity (Wildman–Crippen MR) is 96.0 cm³/mol. The van der Waals surface area contributed by atoms with Crippen molar-refractivity contribution < 1.29 is 14.3 Å². The molecule has 2 heterocycles. The van der Waals surface area contributed by atoms with Crippen molar-refractivity contribution >= 4 is 17.9 Å². The van der Waals surface area contributed by atoms with Crippen LogP contribution in [-0.4, -0.2) is 46.1 Å². The summed E-state index contributed by atoms with van der Waals surface area (Å²) < 4.78 is 13.1. The summed E-state index contributed by atoms with van der Waals surface area (Å²) in [6.07, 6.45) is 11.5. The van der Waals surface area contributed by atoms with E-state index >= 15 is 0 Å². The van der Waals surface area contributed by atoms with E-state index in [-0.39, 0.29) is 0 Å². The lowest BCUT2D eigenvalue weighted by Gasteiger charge is -2.40. The average molecular weight is 347 g/mol. The summed E-state index contributed by atoms with van der Waals surface area (Å²) in [6, 6.07) is 4.57. The van der Waals surface area contributed by atoms with Gasteiger partial charge in [-0.3, -0.25) is 4.90 Å². The van der Waals surface area contributed by atoms with Crippen LogP contribution in [0.2, 0.25) is 0 Å². The Labute approximate surface area is 147 Å². The van der Waals surface area contributed by atoms with Crippen molar-refractivity contribution in [3.63, 3.8) is 0 Å². The van der Waals surface area contributed by atoms with Crippen LogP contribution in [0, 0.1) is 0 Å². The Morgan fingerprint density at radius 3 is 2.72 bits per heavy atom. The number of anilines is 1. The van der Waals surface area contributed by atoms with Gasteiger partial charge in [0.15, 0.2) is 0 Å². The van der Waals surface area contributed by atoms with Crippen molar-refractivity contribution in [2.24, 2.45) is 0 Å². The third kappa shape index (κ3) is 5.01. The van der Waals surface area contributed by atoms with Gasteiger partial charge in [0.05, 0.1) is 0 Å². The molecule has 1 aromatic rings. The molecule has 0 unspecified atom stereocenters. The molecule has 2 aliphatic rings. The highest BCUT2D eigenvalue weighted by Gasteiger charge is 2.26. The minimum atomic E-state index is -1.56. The number of carboxylic acid groups (broad SMARTS) is 1. The first kappa shape index (κ1) is 17.9. The van der Waals surface area contributed by atoms with Crippen LogP contribution >= 0.6 is 0 Å². The molecular weight excluding hydrogens is 321 g/mol. The molecule has 1 saturated heterocycles. The van der Waals surface area contributed by atoms with Gasteiger partial charge in [0.25, 0.3) is 0 Å². The molecule has 0 spiro atoms. The van der Waals surface area contributed by atoms with Crippen molar-refractivity contribution in [3.8, 4) is 0 Å². The van der Waals surface area contributed by atoms with Gasteiger partial charge in [-0.15, -0.1) is 0 Å². The number of hydrogen-bond acceptors (Lipinski definition) is 4. The number of piperidine rings is 1. The van der Waals surface area contributed by atoms with E-state index in [2.05, 4.69) is 15.2 Å².